The Hall–Kier alpha value is -2.76. The maximum Gasteiger partial charge on any atom is 0.160 e. The van der Waals surface area contributed by atoms with Crippen molar-refractivity contribution < 1.29 is 13.9 Å². The third-order valence-electron chi connectivity index (χ3n) is 4.48. The molecule has 2 N–H and O–H groups in total. The molecular weight excluding hydrogens is 297 g/mol. The molecule has 1 unspecified atom stereocenters. The molecule has 6 heteroatoms. The summed E-state index contributed by atoms with van der Waals surface area (Å²) in [5, 5.41) is 10.6. The minimum absolute atomic E-state index is 0.231. The number of nitrogens with zero attached hydrogens (tertiary/aromatic N) is 1. The van der Waals surface area contributed by atoms with E-state index in [2.05, 4.69) is 15.5 Å². The van der Waals surface area contributed by atoms with Gasteiger partial charge in [0.25, 0.3) is 0 Å². The molecule has 1 aliphatic carbocycles. The van der Waals surface area contributed by atoms with Gasteiger partial charge in [-0.25, -0.2) is 4.39 Å². The van der Waals surface area contributed by atoms with Crippen LogP contribution in [0.1, 0.15) is 17.7 Å². The minimum atomic E-state index is -0.281. The number of nitrogens with one attached hydrogen (secondary N) is 2. The third-order valence-corrected chi connectivity index (χ3v) is 4.48. The number of benzene rings is 1. The van der Waals surface area contributed by atoms with Gasteiger partial charge in [-0.2, -0.15) is 5.10 Å². The summed E-state index contributed by atoms with van der Waals surface area (Å²) in [5.74, 6) is 2.48. The maximum atomic E-state index is 13.4. The van der Waals surface area contributed by atoms with E-state index >= 15 is 0 Å². The van der Waals surface area contributed by atoms with E-state index in [1.54, 1.807) is 6.07 Å². The van der Waals surface area contributed by atoms with Crippen molar-refractivity contribution in [3.05, 3.63) is 58.9 Å². The van der Waals surface area contributed by atoms with Crippen LogP contribution in [0.15, 0.2) is 41.9 Å². The lowest BCUT2D eigenvalue weighted by Crippen LogP contribution is -2.09. The molecule has 2 aromatic rings. The molecule has 1 aromatic carbocycles. The van der Waals surface area contributed by atoms with Gasteiger partial charge in [0, 0.05) is 23.3 Å². The number of aromatic nitrogens is 2. The summed E-state index contributed by atoms with van der Waals surface area (Å²) in [5.41, 5.74) is 3.75. The predicted molar refractivity (Wildman–Crippen MR) is 82.1 cm³/mol. The molecule has 0 saturated carbocycles. The zero-order chi connectivity index (χ0) is 15.4. The topological polar surface area (TPSA) is 59.2 Å². The lowest BCUT2D eigenvalue weighted by atomic mass is 9.91. The van der Waals surface area contributed by atoms with E-state index in [1.165, 1.54) is 12.1 Å². The number of allylic oxidation sites excluding steroid dienone is 2. The fraction of sp³-hybridized carbons (Fsp3) is 0.235. The number of fused-ring (bicyclic) bond motifs is 4. The molecule has 2 aliphatic heterocycles. The van der Waals surface area contributed by atoms with E-state index in [4.69, 9.17) is 9.47 Å². The van der Waals surface area contributed by atoms with Crippen LogP contribution in [-0.2, 0) is 16.1 Å². The smallest absolute Gasteiger partial charge is 0.160 e. The van der Waals surface area contributed by atoms with Gasteiger partial charge in [-0.05, 0) is 24.6 Å². The van der Waals surface area contributed by atoms with Crippen molar-refractivity contribution in [3.8, 4) is 0 Å². The van der Waals surface area contributed by atoms with Crippen LogP contribution in [0.3, 0.4) is 0 Å². The highest BCUT2D eigenvalue weighted by molar-refractivity contribution is 5.86. The first-order valence-corrected chi connectivity index (χ1v) is 7.61. The Morgan fingerprint density at radius 3 is 3.17 bits per heavy atom. The Labute approximate surface area is 131 Å². The van der Waals surface area contributed by atoms with E-state index in [0.717, 1.165) is 41.4 Å². The van der Waals surface area contributed by atoms with Gasteiger partial charge in [-0.1, -0.05) is 6.07 Å². The largest absolute Gasteiger partial charge is 0.497 e. The van der Waals surface area contributed by atoms with Crippen LogP contribution in [0.2, 0.25) is 0 Å². The summed E-state index contributed by atoms with van der Waals surface area (Å²) in [6, 6.07) is 6.36. The van der Waals surface area contributed by atoms with Gasteiger partial charge >= 0.3 is 0 Å². The number of ether oxygens (including phenoxy) is 2. The third kappa shape index (κ3) is 1.87. The number of H-pyrrole nitrogens is 1. The monoisotopic (exact) mass is 311 g/mol. The van der Waals surface area contributed by atoms with Crippen LogP contribution in [0, 0.1) is 11.7 Å². The summed E-state index contributed by atoms with van der Waals surface area (Å²) >= 11 is 0. The molecule has 0 bridgehead atoms. The first kappa shape index (κ1) is 12.8. The van der Waals surface area contributed by atoms with Crippen LogP contribution < -0.4 is 5.32 Å². The number of aromatic amines is 1. The van der Waals surface area contributed by atoms with Crippen LogP contribution in [0.5, 0.6) is 0 Å². The maximum absolute atomic E-state index is 13.4. The van der Waals surface area contributed by atoms with Crippen molar-refractivity contribution in [3.63, 3.8) is 0 Å². The highest BCUT2D eigenvalue weighted by atomic mass is 19.1. The van der Waals surface area contributed by atoms with Crippen LogP contribution >= 0.6 is 0 Å². The van der Waals surface area contributed by atoms with Crippen LogP contribution in [-0.4, -0.2) is 16.8 Å². The second kappa shape index (κ2) is 4.62. The van der Waals surface area contributed by atoms with Gasteiger partial charge in [0.2, 0.25) is 0 Å². The molecule has 1 aromatic heterocycles. The first-order chi connectivity index (χ1) is 11.3. The minimum Gasteiger partial charge on any atom is -0.497 e. The Bertz CT molecular complexity index is 868. The Morgan fingerprint density at radius 1 is 1.30 bits per heavy atom. The average Bonchev–Trinajstić information content (AvgIpc) is 3.21. The highest BCUT2D eigenvalue weighted by Gasteiger charge is 2.40. The lowest BCUT2D eigenvalue weighted by molar-refractivity contribution is 0.201. The second-order valence-electron chi connectivity index (χ2n) is 5.86. The number of rotatable bonds is 2. The van der Waals surface area contributed by atoms with Crippen molar-refractivity contribution in [2.45, 2.75) is 13.0 Å². The fourth-order valence-corrected chi connectivity index (χ4v) is 3.48. The second-order valence-corrected chi connectivity index (χ2v) is 5.86. The zero-order valence-corrected chi connectivity index (χ0v) is 12.2. The van der Waals surface area contributed by atoms with Gasteiger partial charge in [0.1, 0.15) is 23.9 Å². The lowest BCUT2D eigenvalue weighted by Gasteiger charge is -2.19. The molecule has 5 rings (SSSR count). The molecular formula is C17H14FN3O2. The van der Waals surface area contributed by atoms with Crippen molar-refractivity contribution in [2.75, 3.05) is 11.9 Å². The van der Waals surface area contributed by atoms with E-state index in [9.17, 15) is 4.39 Å². The van der Waals surface area contributed by atoms with Gasteiger partial charge in [0.15, 0.2) is 5.82 Å². The quantitative estimate of drug-likeness (QED) is 0.891. The molecule has 116 valence electrons. The molecule has 1 atom stereocenters. The van der Waals surface area contributed by atoms with E-state index in [-0.39, 0.29) is 11.7 Å². The molecule has 0 spiro atoms. The van der Waals surface area contributed by atoms with E-state index < -0.39 is 0 Å². The standard InChI is InChI=1S/C17H14FN3O2/c18-9-2-1-3-10(6-9)19-17-16-12(20-21-17)8-23-14-7-13-11(15(14)16)4-5-22-13/h1-3,6-7,11H,4-5,8H2,(H2,19,20,21). The molecule has 3 aliphatic rings. The predicted octanol–water partition coefficient (Wildman–Crippen LogP) is 3.47. The zero-order valence-electron chi connectivity index (χ0n) is 12.2. The van der Waals surface area contributed by atoms with Crippen molar-refractivity contribution in [2.24, 2.45) is 5.92 Å². The van der Waals surface area contributed by atoms with Crippen molar-refractivity contribution >= 4 is 17.1 Å². The summed E-state index contributed by atoms with van der Waals surface area (Å²) < 4.78 is 24.9. The van der Waals surface area contributed by atoms with Gasteiger partial charge in [0.05, 0.1) is 17.9 Å². The van der Waals surface area contributed by atoms with Gasteiger partial charge < -0.3 is 14.8 Å². The molecule has 1 saturated heterocycles. The van der Waals surface area contributed by atoms with Crippen molar-refractivity contribution in [1.29, 1.82) is 0 Å². The van der Waals surface area contributed by atoms with Gasteiger partial charge in [-0.15, -0.1) is 0 Å². The molecule has 23 heavy (non-hydrogen) atoms. The molecule has 0 radical (unpaired) electrons. The Balaban J connectivity index is 1.57. The highest BCUT2D eigenvalue weighted by Crippen LogP contribution is 2.49. The van der Waals surface area contributed by atoms with Gasteiger partial charge in [-0.3, -0.25) is 5.10 Å². The first-order valence-electron chi connectivity index (χ1n) is 7.61. The number of halogens is 1. The summed E-state index contributed by atoms with van der Waals surface area (Å²) in [4.78, 5) is 0. The summed E-state index contributed by atoms with van der Waals surface area (Å²) in [6.45, 7) is 1.18. The normalized spacial score (nSPS) is 21.1. The molecule has 3 heterocycles. The summed E-state index contributed by atoms with van der Waals surface area (Å²) in [6.07, 6.45) is 2.92. The SMILES string of the molecule is Fc1cccc(Nc2n[nH]c3c2C2=C(C=C4OCCC42)OC3)c1. The number of hydrogen-bond acceptors (Lipinski definition) is 4. The van der Waals surface area contributed by atoms with Crippen LogP contribution in [0.4, 0.5) is 15.9 Å². The molecule has 5 nitrogen and oxygen atoms in total. The molecule has 0 amide bonds. The Kier molecular flexibility index (Phi) is 2.56. The molecule has 1 fully saturated rings. The fourth-order valence-electron chi connectivity index (χ4n) is 3.48. The van der Waals surface area contributed by atoms with Crippen LogP contribution in [0.25, 0.3) is 5.57 Å². The van der Waals surface area contributed by atoms with E-state index in [0.29, 0.717) is 18.1 Å². The summed E-state index contributed by atoms with van der Waals surface area (Å²) in [7, 11) is 0. The van der Waals surface area contributed by atoms with E-state index in [1.807, 2.05) is 12.1 Å². The number of anilines is 2. The number of hydrogen-bond donors (Lipinski definition) is 2. The van der Waals surface area contributed by atoms with Crippen molar-refractivity contribution in [1.82, 2.24) is 10.2 Å². The Morgan fingerprint density at radius 2 is 2.26 bits per heavy atom. The average molecular weight is 311 g/mol.